The van der Waals surface area contributed by atoms with Crippen molar-refractivity contribution >= 4 is 11.3 Å². The summed E-state index contributed by atoms with van der Waals surface area (Å²) in [6.45, 7) is 16.4. The molecule has 1 aliphatic carbocycles. The molecule has 2 N–H and O–H groups in total. The van der Waals surface area contributed by atoms with Crippen molar-refractivity contribution in [1.82, 2.24) is 4.90 Å². The molecule has 0 saturated heterocycles. The van der Waals surface area contributed by atoms with Crippen molar-refractivity contribution in [2.24, 2.45) is 0 Å². The third-order valence-corrected chi connectivity index (χ3v) is 5.87. The minimum absolute atomic E-state index is 0.223. The Hall–Kier alpha value is -3.91. The smallest absolute Gasteiger partial charge is 0.147 e. The Kier molecular flexibility index (Phi) is 8.21. The van der Waals surface area contributed by atoms with Crippen LogP contribution in [0.2, 0.25) is 0 Å². The zero-order valence-corrected chi connectivity index (χ0v) is 20.1. The lowest BCUT2D eigenvalue weighted by atomic mass is 10.1. The number of anilines is 1. The molecule has 0 amide bonds. The monoisotopic (exact) mass is 455 g/mol. The van der Waals surface area contributed by atoms with Crippen LogP contribution in [0, 0.1) is 18.3 Å². The van der Waals surface area contributed by atoms with E-state index in [9.17, 15) is 5.26 Å². The summed E-state index contributed by atoms with van der Waals surface area (Å²) in [5.41, 5.74) is 10.8. The van der Waals surface area contributed by atoms with E-state index >= 15 is 0 Å². The number of nitrogen functional groups attached to an aromatic ring is 1. The average molecular weight is 456 g/mol. The van der Waals surface area contributed by atoms with Crippen molar-refractivity contribution in [2.45, 2.75) is 45.6 Å². The Bertz CT molecular complexity index is 1150. The Morgan fingerprint density at radius 3 is 2.62 bits per heavy atom. The van der Waals surface area contributed by atoms with Gasteiger partial charge in [0.1, 0.15) is 23.3 Å². The van der Waals surface area contributed by atoms with Gasteiger partial charge < -0.3 is 20.1 Å². The number of hydrogen-bond donors (Lipinski definition) is 1. The van der Waals surface area contributed by atoms with Gasteiger partial charge in [-0.2, -0.15) is 5.26 Å². The molecule has 0 heterocycles. The summed E-state index contributed by atoms with van der Waals surface area (Å²) >= 11 is 0. The first-order valence-electron chi connectivity index (χ1n) is 11.5. The number of nitrogens with zero attached hydrogens (tertiary/aromatic N) is 2. The van der Waals surface area contributed by atoms with Gasteiger partial charge in [0.2, 0.25) is 0 Å². The van der Waals surface area contributed by atoms with Crippen LogP contribution in [0.15, 0.2) is 79.9 Å². The number of nitrogens with two attached hydrogens (primary N) is 1. The van der Waals surface area contributed by atoms with Crippen molar-refractivity contribution in [3.63, 3.8) is 0 Å². The molecule has 1 aliphatic rings. The number of hydrogen-bond acceptors (Lipinski definition) is 5. The molecule has 0 radical (unpaired) electrons. The SMILES string of the molecule is C=C/C(=C\N(CC(=C)Oc1c(C)cccc1C#N)C(=C)C)c1ccc(N)c(OC2CCCC2)c1. The number of rotatable bonds is 10. The second kappa shape index (κ2) is 11.3. The van der Waals surface area contributed by atoms with Crippen LogP contribution < -0.4 is 15.2 Å². The van der Waals surface area contributed by atoms with Crippen LogP contribution in [0.4, 0.5) is 5.69 Å². The van der Waals surface area contributed by atoms with E-state index in [0.29, 0.717) is 35.1 Å². The summed E-state index contributed by atoms with van der Waals surface area (Å²) in [7, 11) is 0. The van der Waals surface area contributed by atoms with Crippen molar-refractivity contribution in [2.75, 3.05) is 12.3 Å². The van der Waals surface area contributed by atoms with E-state index in [-0.39, 0.29) is 6.10 Å². The highest BCUT2D eigenvalue weighted by molar-refractivity contribution is 5.76. The maximum Gasteiger partial charge on any atom is 0.147 e. The topological polar surface area (TPSA) is 71.5 Å². The van der Waals surface area contributed by atoms with E-state index in [0.717, 1.165) is 35.2 Å². The number of para-hydroxylation sites is 1. The first-order chi connectivity index (χ1) is 16.3. The lowest BCUT2D eigenvalue weighted by molar-refractivity contribution is 0.211. The van der Waals surface area contributed by atoms with Gasteiger partial charge in [-0.1, -0.05) is 44.0 Å². The summed E-state index contributed by atoms with van der Waals surface area (Å²) in [6, 6.07) is 13.4. The fourth-order valence-corrected chi connectivity index (χ4v) is 3.95. The molecule has 2 aromatic carbocycles. The van der Waals surface area contributed by atoms with Crippen molar-refractivity contribution in [3.8, 4) is 17.6 Å². The van der Waals surface area contributed by atoms with Crippen LogP contribution in [0.5, 0.6) is 11.5 Å². The van der Waals surface area contributed by atoms with Crippen molar-refractivity contribution < 1.29 is 9.47 Å². The number of benzene rings is 2. The summed E-state index contributed by atoms with van der Waals surface area (Å²) < 4.78 is 12.2. The molecule has 34 heavy (non-hydrogen) atoms. The third-order valence-electron chi connectivity index (χ3n) is 5.87. The van der Waals surface area contributed by atoms with Crippen LogP contribution in [0.25, 0.3) is 5.57 Å². The summed E-state index contributed by atoms with van der Waals surface area (Å²) in [5.74, 6) is 1.73. The first kappa shape index (κ1) is 24.7. The standard InChI is InChI=1S/C29H33N3O2/c1-6-23(24-14-15-27(31)28(16-24)34-26-12-7-8-13-26)19-32(20(2)3)18-22(5)33-29-21(4)10-9-11-25(29)17-30/h6,9-11,14-16,19,26H,1-2,5,7-8,12-13,18,31H2,3-4H3/b23-19+. The normalized spacial score (nSPS) is 13.7. The van der Waals surface area contributed by atoms with Gasteiger partial charge in [0, 0.05) is 11.9 Å². The van der Waals surface area contributed by atoms with Crippen LogP contribution in [-0.4, -0.2) is 17.5 Å². The van der Waals surface area contributed by atoms with Gasteiger partial charge in [-0.3, -0.25) is 0 Å². The van der Waals surface area contributed by atoms with Crippen molar-refractivity contribution in [1.29, 1.82) is 5.26 Å². The molecule has 0 spiro atoms. The van der Waals surface area contributed by atoms with Crippen LogP contribution >= 0.6 is 0 Å². The molecule has 1 saturated carbocycles. The summed E-state index contributed by atoms with van der Waals surface area (Å²) in [5, 5.41) is 9.41. The van der Waals surface area contributed by atoms with E-state index < -0.39 is 0 Å². The molecule has 5 heteroatoms. The van der Waals surface area contributed by atoms with Gasteiger partial charge in [-0.15, -0.1) is 0 Å². The van der Waals surface area contributed by atoms with Crippen molar-refractivity contribution in [3.05, 3.63) is 96.6 Å². The Morgan fingerprint density at radius 2 is 1.97 bits per heavy atom. The fraction of sp³-hybridized carbons (Fsp3) is 0.276. The number of nitriles is 1. The van der Waals surface area contributed by atoms with E-state index in [1.807, 2.05) is 55.3 Å². The molecule has 1 fully saturated rings. The molecule has 5 nitrogen and oxygen atoms in total. The van der Waals surface area contributed by atoms with E-state index in [1.54, 1.807) is 12.1 Å². The van der Waals surface area contributed by atoms with E-state index in [1.165, 1.54) is 12.8 Å². The lowest BCUT2D eigenvalue weighted by Gasteiger charge is -2.24. The summed E-state index contributed by atoms with van der Waals surface area (Å²) in [4.78, 5) is 1.94. The minimum Gasteiger partial charge on any atom is -0.488 e. The van der Waals surface area contributed by atoms with Crippen LogP contribution in [0.1, 0.15) is 49.3 Å². The van der Waals surface area contributed by atoms with Gasteiger partial charge in [0.05, 0.1) is 23.9 Å². The predicted octanol–water partition coefficient (Wildman–Crippen LogP) is 6.73. The van der Waals surface area contributed by atoms with Gasteiger partial charge in [0.15, 0.2) is 0 Å². The molecule has 0 aromatic heterocycles. The van der Waals surface area contributed by atoms with Crippen LogP contribution in [-0.2, 0) is 0 Å². The third kappa shape index (κ3) is 6.11. The highest BCUT2D eigenvalue weighted by Gasteiger charge is 2.18. The predicted molar refractivity (Wildman–Crippen MR) is 139 cm³/mol. The fourth-order valence-electron chi connectivity index (χ4n) is 3.95. The average Bonchev–Trinajstić information content (AvgIpc) is 3.32. The quantitative estimate of drug-likeness (QED) is 0.244. The number of allylic oxidation sites excluding steroid dienone is 3. The molecule has 0 aliphatic heterocycles. The van der Waals surface area contributed by atoms with Gasteiger partial charge in [-0.05, 0) is 74.4 Å². The van der Waals surface area contributed by atoms with Gasteiger partial charge >= 0.3 is 0 Å². The molecule has 176 valence electrons. The van der Waals surface area contributed by atoms with Gasteiger partial charge in [0.25, 0.3) is 0 Å². The Labute approximate surface area is 203 Å². The highest BCUT2D eigenvalue weighted by atomic mass is 16.5. The first-order valence-corrected chi connectivity index (χ1v) is 11.5. The second-order valence-corrected chi connectivity index (χ2v) is 8.63. The maximum atomic E-state index is 9.41. The Balaban J connectivity index is 1.81. The summed E-state index contributed by atoms with van der Waals surface area (Å²) in [6.07, 6.45) is 8.49. The number of ether oxygens (including phenoxy) is 2. The Morgan fingerprint density at radius 1 is 1.24 bits per heavy atom. The largest absolute Gasteiger partial charge is 0.488 e. The molecule has 0 atom stereocenters. The maximum absolute atomic E-state index is 9.41. The van der Waals surface area contributed by atoms with Gasteiger partial charge in [-0.25, -0.2) is 0 Å². The molecule has 0 bridgehead atoms. The second-order valence-electron chi connectivity index (χ2n) is 8.63. The molecular formula is C29H33N3O2. The minimum atomic E-state index is 0.223. The molecule has 0 unspecified atom stereocenters. The lowest BCUT2D eigenvalue weighted by Crippen LogP contribution is -2.20. The molecule has 3 rings (SSSR count). The zero-order valence-electron chi connectivity index (χ0n) is 20.1. The van der Waals surface area contributed by atoms with Crippen LogP contribution in [0.3, 0.4) is 0 Å². The highest BCUT2D eigenvalue weighted by Crippen LogP contribution is 2.32. The zero-order chi connectivity index (χ0) is 24.7. The number of aryl methyl sites for hydroxylation is 1. The van der Waals surface area contributed by atoms with E-state index in [4.69, 9.17) is 15.2 Å². The molecular weight excluding hydrogens is 422 g/mol. The molecule has 2 aromatic rings. The van der Waals surface area contributed by atoms with E-state index in [2.05, 4.69) is 25.8 Å².